The second-order valence-electron chi connectivity index (χ2n) is 4.28. The van der Waals surface area contributed by atoms with Crippen LogP contribution in [0.3, 0.4) is 0 Å². The molecule has 0 saturated heterocycles. The first-order valence-electron chi connectivity index (χ1n) is 5.73. The highest BCUT2D eigenvalue weighted by atomic mass is 32.2. The van der Waals surface area contributed by atoms with Crippen LogP contribution in [0.25, 0.3) is 0 Å². The van der Waals surface area contributed by atoms with Crippen molar-refractivity contribution in [1.29, 1.82) is 0 Å². The first-order valence-corrected chi connectivity index (χ1v) is 7.35. The molecule has 6 heteroatoms. The molecule has 0 bridgehead atoms. The zero-order chi connectivity index (χ0) is 13.7. The second-order valence-corrected chi connectivity index (χ2v) is 6.08. The van der Waals surface area contributed by atoms with Gasteiger partial charge < -0.3 is 5.32 Å². The second kappa shape index (κ2) is 6.49. The summed E-state index contributed by atoms with van der Waals surface area (Å²) in [5.74, 6) is 0. The molecule has 1 aromatic carbocycles. The molecule has 0 spiro atoms. The molecule has 0 saturated carbocycles. The molecule has 2 atom stereocenters. The van der Waals surface area contributed by atoms with Gasteiger partial charge in [-0.05, 0) is 19.4 Å². The Bertz CT molecular complexity index is 463. The highest BCUT2D eigenvalue weighted by molar-refractivity contribution is 7.84. The summed E-state index contributed by atoms with van der Waals surface area (Å²) in [7, 11) is -0.832. The van der Waals surface area contributed by atoms with Gasteiger partial charge in [-0.1, -0.05) is 13.0 Å². The topological polar surface area (TPSA) is 72.2 Å². The maximum Gasteiger partial charge on any atom is 0.274 e. The van der Waals surface area contributed by atoms with Gasteiger partial charge in [0.15, 0.2) is 0 Å². The molecule has 0 aliphatic rings. The van der Waals surface area contributed by atoms with Gasteiger partial charge in [0.05, 0.1) is 4.92 Å². The lowest BCUT2D eigenvalue weighted by Crippen LogP contribution is -2.14. The number of hydrogen-bond donors (Lipinski definition) is 1. The molecule has 1 rings (SSSR count). The zero-order valence-electron chi connectivity index (χ0n) is 10.8. The van der Waals surface area contributed by atoms with Crippen LogP contribution in [0.1, 0.15) is 18.9 Å². The van der Waals surface area contributed by atoms with E-state index in [2.05, 4.69) is 5.32 Å². The van der Waals surface area contributed by atoms with Crippen molar-refractivity contribution in [3.8, 4) is 0 Å². The van der Waals surface area contributed by atoms with Gasteiger partial charge in [0, 0.05) is 46.2 Å². The lowest BCUT2D eigenvalue weighted by Gasteiger charge is -2.10. The average molecular weight is 270 g/mol. The highest BCUT2D eigenvalue weighted by Crippen LogP contribution is 2.22. The molecule has 0 aliphatic carbocycles. The summed E-state index contributed by atoms with van der Waals surface area (Å²) in [6.45, 7) is 4.29. The average Bonchev–Trinajstić information content (AvgIpc) is 2.30. The van der Waals surface area contributed by atoms with Gasteiger partial charge >= 0.3 is 0 Å². The van der Waals surface area contributed by atoms with E-state index in [0.717, 1.165) is 12.1 Å². The summed E-state index contributed by atoms with van der Waals surface area (Å²) < 4.78 is 11.2. The molecule has 18 heavy (non-hydrogen) atoms. The molecule has 1 aromatic rings. The Morgan fingerprint density at radius 3 is 2.72 bits per heavy atom. The van der Waals surface area contributed by atoms with Gasteiger partial charge in [-0.15, -0.1) is 0 Å². The van der Waals surface area contributed by atoms with Crippen molar-refractivity contribution in [3.63, 3.8) is 0 Å². The molecule has 0 fully saturated rings. The van der Waals surface area contributed by atoms with Crippen LogP contribution in [0.15, 0.2) is 18.2 Å². The minimum Gasteiger partial charge on any atom is -0.385 e. The maximum absolute atomic E-state index is 11.2. The predicted octanol–water partition coefficient (Wildman–Crippen LogP) is 2.47. The van der Waals surface area contributed by atoms with Crippen LogP contribution in [0.2, 0.25) is 0 Å². The van der Waals surface area contributed by atoms with Gasteiger partial charge in [0.25, 0.3) is 5.69 Å². The van der Waals surface area contributed by atoms with E-state index in [1.165, 1.54) is 6.07 Å². The summed E-state index contributed by atoms with van der Waals surface area (Å²) in [5, 5.41) is 14.0. The van der Waals surface area contributed by atoms with Crippen LogP contribution in [-0.2, 0) is 10.8 Å². The number of anilines is 1. The minimum absolute atomic E-state index is 0.118. The summed E-state index contributed by atoms with van der Waals surface area (Å²) >= 11 is 0. The molecule has 0 aromatic heterocycles. The van der Waals surface area contributed by atoms with Gasteiger partial charge in [-0.3, -0.25) is 14.3 Å². The van der Waals surface area contributed by atoms with Gasteiger partial charge in [-0.25, -0.2) is 0 Å². The van der Waals surface area contributed by atoms with E-state index >= 15 is 0 Å². The Labute approximate surface area is 109 Å². The van der Waals surface area contributed by atoms with Crippen molar-refractivity contribution >= 4 is 22.2 Å². The van der Waals surface area contributed by atoms with Crippen LogP contribution in [0.5, 0.6) is 0 Å². The number of rotatable bonds is 6. The molecular weight excluding hydrogens is 252 g/mol. The molecule has 0 radical (unpaired) electrons. The lowest BCUT2D eigenvalue weighted by molar-refractivity contribution is -0.385. The largest absolute Gasteiger partial charge is 0.385 e. The summed E-state index contributed by atoms with van der Waals surface area (Å²) in [4.78, 5) is 10.4. The fourth-order valence-electron chi connectivity index (χ4n) is 1.50. The van der Waals surface area contributed by atoms with Gasteiger partial charge in [-0.2, -0.15) is 0 Å². The van der Waals surface area contributed by atoms with Crippen LogP contribution in [0.4, 0.5) is 11.4 Å². The molecular formula is C12H18N2O3S. The highest BCUT2D eigenvalue weighted by Gasteiger charge is 2.11. The third kappa shape index (κ3) is 4.10. The SMILES string of the molecule is Cc1ccc(NCCC(C)S(C)=O)cc1[N+](=O)[O-]. The van der Waals surface area contributed by atoms with E-state index in [1.54, 1.807) is 19.2 Å². The van der Waals surface area contributed by atoms with Crippen molar-refractivity contribution in [2.75, 3.05) is 18.1 Å². The molecule has 1 N–H and O–H groups in total. The minimum atomic E-state index is -0.832. The standard InChI is InChI=1S/C12H18N2O3S/c1-9-4-5-11(8-12(9)14(15)16)13-7-6-10(2)18(3)17/h4-5,8,10,13H,6-7H2,1-3H3. The summed E-state index contributed by atoms with van der Waals surface area (Å²) in [6.07, 6.45) is 2.45. The number of nitro benzene ring substituents is 1. The fourth-order valence-corrected chi connectivity index (χ4v) is 1.95. The molecule has 2 unspecified atom stereocenters. The van der Waals surface area contributed by atoms with Crippen molar-refractivity contribution < 1.29 is 9.13 Å². The van der Waals surface area contributed by atoms with E-state index in [1.807, 2.05) is 13.0 Å². The van der Waals surface area contributed by atoms with Gasteiger partial charge in [0.1, 0.15) is 0 Å². The Kier molecular flexibility index (Phi) is 5.27. The number of nitrogens with zero attached hydrogens (tertiary/aromatic N) is 1. The van der Waals surface area contributed by atoms with Crippen molar-refractivity contribution in [2.24, 2.45) is 0 Å². The predicted molar refractivity (Wildman–Crippen MR) is 74.5 cm³/mol. The normalized spacial score (nSPS) is 13.9. The number of nitrogens with one attached hydrogen (secondary N) is 1. The number of benzene rings is 1. The molecule has 5 nitrogen and oxygen atoms in total. The maximum atomic E-state index is 11.2. The molecule has 0 aliphatic heterocycles. The summed E-state index contributed by atoms with van der Waals surface area (Å²) in [6, 6.07) is 5.07. The molecule has 0 amide bonds. The van der Waals surface area contributed by atoms with Crippen molar-refractivity contribution in [2.45, 2.75) is 25.5 Å². The number of aryl methyl sites for hydroxylation is 1. The Hall–Kier alpha value is -1.43. The van der Waals surface area contributed by atoms with E-state index < -0.39 is 10.8 Å². The summed E-state index contributed by atoms with van der Waals surface area (Å²) in [5.41, 5.74) is 1.49. The lowest BCUT2D eigenvalue weighted by atomic mass is 10.2. The third-order valence-corrected chi connectivity index (χ3v) is 4.22. The van der Waals surface area contributed by atoms with E-state index in [4.69, 9.17) is 0 Å². The van der Waals surface area contributed by atoms with Gasteiger partial charge in [0.2, 0.25) is 0 Å². The van der Waals surface area contributed by atoms with Crippen LogP contribution in [-0.4, -0.2) is 27.2 Å². The fraction of sp³-hybridized carbons (Fsp3) is 0.500. The monoisotopic (exact) mass is 270 g/mol. The molecule has 0 heterocycles. The molecule has 100 valence electrons. The van der Waals surface area contributed by atoms with E-state index in [0.29, 0.717) is 12.1 Å². The first kappa shape index (κ1) is 14.6. The quantitative estimate of drug-likeness (QED) is 0.636. The third-order valence-electron chi connectivity index (χ3n) is 2.85. The van der Waals surface area contributed by atoms with Crippen molar-refractivity contribution in [3.05, 3.63) is 33.9 Å². The van der Waals surface area contributed by atoms with E-state index in [9.17, 15) is 14.3 Å². The Morgan fingerprint density at radius 2 is 2.17 bits per heavy atom. The number of hydrogen-bond acceptors (Lipinski definition) is 4. The zero-order valence-corrected chi connectivity index (χ0v) is 11.6. The van der Waals surface area contributed by atoms with Crippen molar-refractivity contribution in [1.82, 2.24) is 0 Å². The Morgan fingerprint density at radius 1 is 1.50 bits per heavy atom. The number of nitro groups is 1. The van der Waals surface area contributed by atoms with E-state index in [-0.39, 0.29) is 15.9 Å². The first-order chi connectivity index (χ1) is 8.41. The Balaban J connectivity index is 2.61. The van der Waals surface area contributed by atoms with Crippen LogP contribution in [0, 0.1) is 17.0 Å². The smallest absolute Gasteiger partial charge is 0.274 e. The van der Waals surface area contributed by atoms with Crippen LogP contribution < -0.4 is 5.32 Å². The van der Waals surface area contributed by atoms with Crippen LogP contribution >= 0.6 is 0 Å².